The molecule has 0 bridgehead atoms. The van der Waals surface area contributed by atoms with Gasteiger partial charge in [0.15, 0.2) is 0 Å². The Balaban J connectivity index is 2.21. The van der Waals surface area contributed by atoms with Crippen molar-refractivity contribution in [2.75, 3.05) is 0 Å². The number of nitrogens with zero attached hydrogens (tertiary/aromatic N) is 2. The Labute approximate surface area is 113 Å². The molecule has 2 aromatic heterocycles. The number of hydrogen-bond donors (Lipinski definition) is 0. The topological polar surface area (TPSA) is 61.3 Å². The van der Waals surface area contributed by atoms with Gasteiger partial charge in [-0.3, -0.25) is 0 Å². The molecule has 20 heavy (non-hydrogen) atoms. The van der Waals surface area contributed by atoms with Crippen molar-refractivity contribution in [2.45, 2.75) is 0 Å². The molecule has 0 fully saturated rings. The zero-order valence-electron chi connectivity index (χ0n) is 10.1. The molecule has 5 nitrogen and oxygen atoms in total. The Hall–Kier alpha value is -2.27. The van der Waals surface area contributed by atoms with Crippen LogP contribution in [0.4, 0.5) is 8.78 Å². The predicted octanol–water partition coefficient (Wildman–Crippen LogP) is 3.55. The van der Waals surface area contributed by atoms with Crippen LogP contribution in [0.2, 0.25) is 0 Å². The fourth-order valence-corrected chi connectivity index (χ4v) is 2.15. The lowest BCUT2D eigenvalue weighted by Gasteiger charge is -2.15. The molecule has 0 aliphatic heterocycles. The number of aromatic nitrogens is 2. The number of pyridine rings is 2. The smallest absolute Gasteiger partial charge is 0.395 e. The maximum Gasteiger partial charge on any atom is 0.457 e. The van der Waals surface area contributed by atoms with Gasteiger partial charge < -0.3 is 9.05 Å². The first kappa shape index (κ1) is 14.1. The van der Waals surface area contributed by atoms with Crippen LogP contribution in [0.25, 0.3) is 0 Å². The molecule has 0 aliphatic rings. The van der Waals surface area contributed by atoms with E-state index in [0.29, 0.717) is 0 Å². The van der Waals surface area contributed by atoms with Crippen LogP contribution in [0, 0.1) is 11.9 Å². The molecule has 104 valence electrons. The number of hydrogen-bond acceptors (Lipinski definition) is 5. The molecular formula is C12H9F2N2O3P. The van der Waals surface area contributed by atoms with Crippen molar-refractivity contribution in [3.63, 3.8) is 0 Å². The van der Waals surface area contributed by atoms with Gasteiger partial charge in [0.1, 0.15) is 0 Å². The third-order valence-corrected chi connectivity index (χ3v) is 3.37. The number of halogens is 2. The molecule has 2 aromatic rings. The summed E-state index contributed by atoms with van der Waals surface area (Å²) in [5, 5.41) is 0. The SMILES string of the molecule is C=CP(=O)(Oc1cccc(F)n1)Oc1cccc(F)n1. The van der Waals surface area contributed by atoms with Gasteiger partial charge >= 0.3 is 7.60 Å². The van der Waals surface area contributed by atoms with Crippen molar-refractivity contribution >= 4 is 7.60 Å². The summed E-state index contributed by atoms with van der Waals surface area (Å²) in [4.78, 5) is 6.76. The first-order valence-electron chi connectivity index (χ1n) is 5.38. The Morgan fingerprint density at radius 1 is 1.00 bits per heavy atom. The lowest BCUT2D eigenvalue weighted by Crippen LogP contribution is -2.01. The molecular weight excluding hydrogens is 289 g/mol. The largest absolute Gasteiger partial charge is 0.457 e. The number of rotatable bonds is 5. The van der Waals surface area contributed by atoms with E-state index >= 15 is 0 Å². The van der Waals surface area contributed by atoms with E-state index in [1.807, 2.05) is 0 Å². The van der Waals surface area contributed by atoms with Gasteiger partial charge in [0, 0.05) is 17.9 Å². The molecule has 0 saturated heterocycles. The highest BCUT2D eigenvalue weighted by Crippen LogP contribution is 2.48. The maximum atomic E-state index is 12.9. The summed E-state index contributed by atoms with van der Waals surface area (Å²) in [5.74, 6) is -1.20. The minimum absolute atomic E-state index is 0.246. The summed E-state index contributed by atoms with van der Waals surface area (Å²) < 4.78 is 48.0. The Morgan fingerprint density at radius 2 is 1.45 bits per heavy atom. The Kier molecular flexibility index (Phi) is 4.10. The highest BCUT2D eigenvalue weighted by molar-refractivity contribution is 7.58. The highest BCUT2D eigenvalue weighted by atomic mass is 31.2. The summed E-state index contributed by atoms with van der Waals surface area (Å²) in [5.41, 5.74) is 0. The van der Waals surface area contributed by atoms with E-state index in [9.17, 15) is 13.3 Å². The molecule has 2 rings (SSSR count). The third-order valence-electron chi connectivity index (χ3n) is 2.04. The minimum Gasteiger partial charge on any atom is -0.395 e. The fourth-order valence-electron chi connectivity index (χ4n) is 1.23. The molecule has 0 unspecified atom stereocenters. The van der Waals surface area contributed by atoms with Gasteiger partial charge in [0.2, 0.25) is 23.7 Å². The lowest BCUT2D eigenvalue weighted by atomic mass is 10.5. The summed E-state index contributed by atoms with van der Waals surface area (Å²) >= 11 is 0. The van der Waals surface area contributed by atoms with E-state index in [1.165, 1.54) is 24.3 Å². The van der Waals surface area contributed by atoms with Crippen molar-refractivity contribution in [1.29, 1.82) is 0 Å². The van der Waals surface area contributed by atoms with Crippen LogP contribution in [0.3, 0.4) is 0 Å². The van der Waals surface area contributed by atoms with Crippen LogP contribution >= 0.6 is 7.60 Å². The standard InChI is InChI=1S/C12H9F2N2O3P/c1-2-20(17,18-11-7-3-5-9(13)15-11)19-12-8-4-6-10(14)16-12/h2-8H,1H2. The van der Waals surface area contributed by atoms with Gasteiger partial charge in [-0.2, -0.15) is 18.7 Å². The quantitative estimate of drug-likeness (QED) is 0.624. The zero-order valence-corrected chi connectivity index (χ0v) is 11.0. The van der Waals surface area contributed by atoms with E-state index in [4.69, 9.17) is 9.05 Å². The molecule has 0 aromatic carbocycles. The van der Waals surface area contributed by atoms with E-state index in [2.05, 4.69) is 16.5 Å². The van der Waals surface area contributed by atoms with Crippen LogP contribution in [-0.4, -0.2) is 9.97 Å². The Bertz CT molecular complexity index is 630. The van der Waals surface area contributed by atoms with Gasteiger partial charge in [-0.05, 0) is 12.1 Å². The van der Waals surface area contributed by atoms with Crippen molar-refractivity contribution in [3.8, 4) is 11.8 Å². The normalized spacial score (nSPS) is 10.9. The van der Waals surface area contributed by atoms with Gasteiger partial charge in [-0.1, -0.05) is 18.7 Å². The van der Waals surface area contributed by atoms with E-state index in [-0.39, 0.29) is 11.8 Å². The van der Waals surface area contributed by atoms with Crippen LogP contribution in [0.15, 0.2) is 48.8 Å². The van der Waals surface area contributed by atoms with Crippen molar-refractivity contribution in [1.82, 2.24) is 9.97 Å². The second kappa shape index (κ2) is 5.79. The summed E-state index contributed by atoms with van der Waals surface area (Å²) in [6.07, 6.45) is 0. The molecule has 0 aliphatic carbocycles. The van der Waals surface area contributed by atoms with E-state index in [0.717, 1.165) is 17.9 Å². The van der Waals surface area contributed by atoms with Crippen LogP contribution < -0.4 is 9.05 Å². The zero-order chi connectivity index (χ0) is 14.6. The minimum atomic E-state index is -3.88. The average molecular weight is 298 g/mol. The molecule has 0 amide bonds. The first-order chi connectivity index (χ1) is 9.50. The van der Waals surface area contributed by atoms with Gasteiger partial charge in [-0.15, -0.1) is 0 Å². The van der Waals surface area contributed by atoms with Crippen LogP contribution in [0.5, 0.6) is 11.8 Å². The van der Waals surface area contributed by atoms with Crippen molar-refractivity contribution in [3.05, 3.63) is 60.7 Å². The third kappa shape index (κ3) is 3.61. The second-order valence-corrected chi connectivity index (χ2v) is 5.31. The van der Waals surface area contributed by atoms with Gasteiger partial charge in [-0.25, -0.2) is 4.57 Å². The molecule has 0 radical (unpaired) electrons. The summed E-state index contributed by atoms with van der Waals surface area (Å²) in [7, 11) is -3.88. The van der Waals surface area contributed by atoms with Crippen LogP contribution in [-0.2, 0) is 4.57 Å². The molecule has 0 N–H and O–H groups in total. The van der Waals surface area contributed by atoms with Gasteiger partial charge in [0.05, 0.1) is 0 Å². The van der Waals surface area contributed by atoms with Crippen LogP contribution in [0.1, 0.15) is 0 Å². The highest BCUT2D eigenvalue weighted by Gasteiger charge is 2.25. The van der Waals surface area contributed by atoms with E-state index in [1.54, 1.807) is 0 Å². The lowest BCUT2D eigenvalue weighted by molar-refractivity contribution is 0.379. The first-order valence-corrected chi connectivity index (χ1v) is 6.99. The Morgan fingerprint density at radius 3 is 1.80 bits per heavy atom. The van der Waals surface area contributed by atoms with Crippen molar-refractivity contribution < 1.29 is 22.4 Å². The molecule has 0 atom stereocenters. The average Bonchev–Trinajstić information content (AvgIpc) is 2.38. The van der Waals surface area contributed by atoms with Crippen molar-refractivity contribution in [2.24, 2.45) is 0 Å². The maximum absolute atomic E-state index is 12.9. The monoisotopic (exact) mass is 298 g/mol. The predicted molar refractivity (Wildman–Crippen MR) is 67.4 cm³/mol. The van der Waals surface area contributed by atoms with Gasteiger partial charge in [0.25, 0.3) is 0 Å². The fraction of sp³-hybridized carbons (Fsp3) is 0. The van der Waals surface area contributed by atoms with E-state index < -0.39 is 19.5 Å². The summed E-state index contributed by atoms with van der Waals surface area (Å²) in [6, 6.07) is 7.43. The molecule has 0 spiro atoms. The second-order valence-electron chi connectivity index (χ2n) is 3.50. The molecule has 2 heterocycles. The molecule has 0 saturated carbocycles. The summed E-state index contributed by atoms with van der Waals surface area (Å²) in [6.45, 7) is 3.31. The molecule has 8 heteroatoms.